The minimum atomic E-state index is 0.234. The van der Waals surface area contributed by atoms with Crippen molar-refractivity contribution < 1.29 is 4.74 Å². The lowest BCUT2D eigenvalue weighted by molar-refractivity contribution is -0.0820. The Labute approximate surface area is 112 Å². The van der Waals surface area contributed by atoms with E-state index in [2.05, 4.69) is 51.3 Å². The van der Waals surface area contributed by atoms with Crippen LogP contribution in [0.2, 0.25) is 0 Å². The molecule has 0 amide bonds. The summed E-state index contributed by atoms with van der Waals surface area (Å²) in [6, 6.07) is 0. The predicted molar refractivity (Wildman–Crippen MR) is 76.0 cm³/mol. The molecule has 2 rings (SSSR count). The maximum atomic E-state index is 5.76. The predicted octanol–water partition coefficient (Wildman–Crippen LogP) is 2.36. The summed E-state index contributed by atoms with van der Waals surface area (Å²) in [7, 11) is 0. The van der Waals surface area contributed by atoms with Gasteiger partial charge in [0.25, 0.3) is 0 Å². The average Bonchev–Trinajstić information content (AvgIpc) is 2.63. The maximum Gasteiger partial charge on any atom is 0.0664 e. The van der Waals surface area contributed by atoms with Gasteiger partial charge in [-0.3, -0.25) is 9.80 Å². The summed E-state index contributed by atoms with van der Waals surface area (Å²) in [6.07, 6.45) is 1.18. The van der Waals surface area contributed by atoms with Crippen molar-refractivity contribution in [2.45, 2.75) is 64.6 Å². The van der Waals surface area contributed by atoms with Crippen molar-refractivity contribution in [1.82, 2.24) is 9.80 Å². The third-order valence-electron chi connectivity index (χ3n) is 4.49. The molecule has 1 unspecified atom stereocenters. The molecule has 0 bridgehead atoms. The summed E-state index contributed by atoms with van der Waals surface area (Å²) in [5.41, 5.74) is 0.737. The Balaban J connectivity index is 2.22. The highest BCUT2D eigenvalue weighted by molar-refractivity contribution is 5.05. The van der Waals surface area contributed by atoms with E-state index in [1.165, 1.54) is 13.0 Å². The van der Waals surface area contributed by atoms with Crippen molar-refractivity contribution in [3.63, 3.8) is 0 Å². The molecule has 2 saturated heterocycles. The van der Waals surface area contributed by atoms with Gasteiger partial charge in [-0.1, -0.05) is 0 Å². The zero-order valence-corrected chi connectivity index (χ0v) is 13.0. The molecule has 0 saturated carbocycles. The van der Waals surface area contributed by atoms with Crippen LogP contribution in [-0.2, 0) is 4.74 Å². The van der Waals surface area contributed by atoms with Crippen LogP contribution in [0, 0.1) is 0 Å². The van der Waals surface area contributed by atoms with E-state index in [1.54, 1.807) is 0 Å². The zero-order valence-electron chi connectivity index (χ0n) is 13.0. The molecule has 3 heteroatoms. The van der Waals surface area contributed by atoms with Crippen LogP contribution >= 0.6 is 0 Å². The lowest BCUT2D eigenvalue weighted by atomic mass is 9.85. The first-order chi connectivity index (χ1) is 8.15. The lowest BCUT2D eigenvalue weighted by Gasteiger charge is -2.56. The highest BCUT2D eigenvalue weighted by Gasteiger charge is 2.49. The van der Waals surface area contributed by atoms with Crippen LogP contribution < -0.4 is 0 Å². The average molecular weight is 254 g/mol. The van der Waals surface area contributed by atoms with Gasteiger partial charge in [-0.05, 0) is 48.0 Å². The first-order valence-corrected chi connectivity index (χ1v) is 7.26. The number of rotatable bonds is 0. The van der Waals surface area contributed by atoms with E-state index >= 15 is 0 Å². The molecule has 0 aromatic rings. The fraction of sp³-hybridized carbons (Fsp3) is 1.00. The maximum absolute atomic E-state index is 5.76. The molecule has 2 fully saturated rings. The van der Waals surface area contributed by atoms with Gasteiger partial charge in [0.1, 0.15) is 0 Å². The Morgan fingerprint density at radius 2 is 1.61 bits per heavy atom. The molecular formula is C15H30N2O. The van der Waals surface area contributed by atoms with Crippen molar-refractivity contribution >= 4 is 0 Å². The SMILES string of the molecule is CC(C)(C)N1CCN(C(C)(C)C)C2(CCOC2)C1. The van der Waals surface area contributed by atoms with Crippen molar-refractivity contribution in [3.05, 3.63) is 0 Å². The van der Waals surface area contributed by atoms with E-state index < -0.39 is 0 Å². The van der Waals surface area contributed by atoms with E-state index in [0.29, 0.717) is 0 Å². The topological polar surface area (TPSA) is 15.7 Å². The molecule has 2 aliphatic rings. The minimum absolute atomic E-state index is 0.234. The molecule has 1 atom stereocenters. The van der Waals surface area contributed by atoms with Crippen LogP contribution in [0.5, 0.6) is 0 Å². The summed E-state index contributed by atoms with van der Waals surface area (Å²) in [5.74, 6) is 0. The Morgan fingerprint density at radius 3 is 2.06 bits per heavy atom. The Morgan fingerprint density at radius 1 is 0.944 bits per heavy atom. The number of hydrogen-bond acceptors (Lipinski definition) is 3. The van der Waals surface area contributed by atoms with Crippen molar-refractivity contribution in [2.75, 3.05) is 32.8 Å². The van der Waals surface area contributed by atoms with Crippen LogP contribution in [0.15, 0.2) is 0 Å². The number of hydrogen-bond donors (Lipinski definition) is 0. The van der Waals surface area contributed by atoms with Gasteiger partial charge in [0.05, 0.1) is 12.1 Å². The molecule has 0 N–H and O–H groups in total. The van der Waals surface area contributed by atoms with E-state index in [1.807, 2.05) is 0 Å². The fourth-order valence-electron chi connectivity index (χ4n) is 3.53. The zero-order chi connectivity index (χ0) is 13.6. The molecule has 18 heavy (non-hydrogen) atoms. The molecule has 3 nitrogen and oxygen atoms in total. The minimum Gasteiger partial charge on any atom is -0.379 e. The highest BCUT2D eigenvalue weighted by Crippen LogP contribution is 2.37. The van der Waals surface area contributed by atoms with Crippen molar-refractivity contribution in [1.29, 1.82) is 0 Å². The third kappa shape index (κ3) is 2.59. The fourth-order valence-corrected chi connectivity index (χ4v) is 3.53. The molecule has 0 radical (unpaired) electrons. The summed E-state index contributed by atoms with van der Waals surface area (Å²) in [6.45, 7) is 19.3. The van der Waals surface area contributed by atoms with Crippen molar-refractivity contribution in [2.24, 2.45) is 0 Å². The van der Waals surface area contributed by atoms with Gasteiger partial charge in [0.15, 0.2) is 0 Å². The molecule has 106 valence electrons. The smallest absolute Gasteiger partial charge is 0.0664 e. The van der Waals surface area contributed by atoms with Crippen molar-refractivity contribution in [3.8, 4) is 0 Å². The van der Waals surface area contributed by atoms with E-state index in [0.717, 1.165) is 26.3 Å². The van der Waals surface area contributed by atoms with Gasteiger partial charge >= 0.3 is 0 Å². The van der Waals surface area contributed by atoms with Crippen LogP contribution in [0.3, 0.4) is 0 Å². The quantitative estimate of drug-likeness (QED) is 0.660. The van der Waals surface area contributed by atoms with E-state index in [4.69, 9.17) is 4.74 Å². The molecular weight excluding hydrogens is 224 g/mol. The molecule has 2 aliphatic heterocycles. The largest absolute Gasteiger partial charge is 0.379 e. The summed E-state index contributed by atoms with van der Waals surface area (Å²) < 4.78 is 5.76. The first kappa shape index (κ1) is 14.3. The van der Waals surface area contributed by atoms with Crippen LogP contribution in [0.25, 0.3) is 0 Å². The lowest BCUT2D eigenvalue weighted by Crippen LogP contribution is -2.69. The molecule has 2 heterocycles. The van der Waals surface area contributed by atoms with Gasteiger partial charge in [0.2, 0.25) is 0 Å². The van der Waals surface area contributed by atoms with Crippen LogP contribution in [-0.4, -0.2) is 59.3 Å². The summed E-state index contributed by atoms with van der Waals surface area (Å²) >= 11 is 0. The monoisotopic (exact) mass is 254 g/mol. The normalized spacial score (nSPS) is 32.3. The van der Waals surface area contributed by atoms with Gasteiger partial charge < -0.3 is 4.74 Å². The summed E-state index contributed by atoms with van der Waals surface area (Å²) in [4.78, 5) is 5.32. The molecule has 0 aromatic heterocycles. The van der Waals surface area contributed by atoms with Gasteiger partial charge in [-0.25, -0.2) is 0 Å². The number of nitrogens with zero attached hydrogens (tertiary/aromatic N) is 2. The second-order valence-corrected chi connectivity index (χ2v) is 7.94. The summed E-state index contributed by atoms with van der Waals surface area (Å²) in [5, 5.41) is 0. The van der Waals surface area contributed by atoms with Crippen LogP contribution in [0.1, 0.15) is 48.0 Å². The van der Waals surface area contributed by atoms with Gasteiger partial charge in [0, 0.05) is 37.3 Å². The number of piperazine rings is 1. The van der Waals surface area contributed by atoms with Gasteiger partial charge in [-0.15, -0.1) is 0 Å². The third-order valence-corrected chi connectivity index (χ3v) is 4.49. The molecule has 0 aliphatic carbocycles. The Kier molecular flexibility index (Phi) is 3.54. The molecule has 1 spiro atoms. The first-order valence-electron chi connectivity index (χ1n) is 7.26. The van der Waals surface area contributed by atoms with E-state index in [9.17, 15) is 0 Å². The Hall–Kier alpha value is -0.120. The second-order valence-electron chi connectivity index (χ2n) is 7.94. The van der Waals surface area contributed by atoms with E-state index in [-0.39, 0.29) is 16.6 Å². The standard InChI is InChI=1S/C15H30N2O/c1-13(2,3)16-8-9-17(14(4,5)6)15(11-16)7-10-18-12-15/h7-12H2,1-6H3. The molecule has 0 aromatic carbocycles. The van der Waals surface area contributed by atoms with Gasteiger partial charge in [-0.2, -0.15) is 0 Å². The van der Waals surface area contributed by atoms with Crippen LogP contribution in [0.4, 0.5) is 0 Å². The Bertz CT molecular complexity index is 295. The second kappa shape index (κ2) is 4.46. The highest BCUT2D eigenvalue weighted by atomic mass is 16.5. The number of ether oxygens (including phenoxy) is 1.